The van der Waals surface area contributed by atoms with Gasteiger partial charge in [0.1, 0.15) is 0 Å². The minimum absolute atomic E-state index is 0.721. The minimum atomic E-state index is 0.721. The Morgan fingerprint density at radius 2 is 1.79 bits per heavy atom. The Kier molecular flexibility index (Phi) is 3.75. The Morgan fingerprint density at radius 1 is 1.05 bits per heavy atom. The van der Waals surface area contributed by atoms with E-state index < -0.39 is 0 Å². The van der Waals surface area contributed by atoms with Crippen molar-refractivity contribution in [2.45, 2.75) is 25.9 Å². The summed E-state index contributed by atoms with van der Waals surface area (Å²) in [6.07, 6.45) is 3.85. The second kappa shape index (κ2) is 5.67. The van der Waals surface area contributed by atoms with Gasteiger partial charge in [-0.2, -0.15) is 0 Å². The zero-order valence-corrected chi connectivity index (χ0v) is 11.4. The third kappa shape index (κ3) is 2.93. The van der Waals surface area contributed by atoms with Gasteiger partial charge in [-0.05, 0) is 60.6 Å². The van der Waals surface area contributed by atoms with Crippen LogP contribution in [0, 0.1) is 0 Å². The molecule has 3 rings (SSSR count). The summed E-state index contributed by atoms with van der Waals surface area (Å²) in [5, 5.41) is 12.7. The third-order valence-corrected chi connectivity index (χ3v) is 3.67. The van der Waals surface area contributed by atoms with Crippen LogP contribution in [0.3, 0.4) is 0 Å². The number of tetrazole rings is 1. The summed E-state index contributed by atoms with van der Waals surface area (Å²) in [5.74, 6) is 0.794. The Balaban J connectivity index is 1.79. The number of benzene rings is 1. The normalized spacial score (nSPS) is 16.7. The molecule has 0 spiro atoms. The van der Waals surface area contributed by atoms with Crippen LogP contribution in [0.4, 0.5) is 0 Å². The Bertz CT molecular complexity index is 530. The maximum atomic E-state index is 5.90. The van der Waals surface area contributed by atoms with Crippen molar-refractivity contribution in [2.24, 2.45) is 0 Å². The molecule has 0 atom stereocenters. The van der Waals surface area contributed by atoms with Gasteiger partial charge >= 0.3 is 0 Å². The summed E-state index contributed by atoms with van der Waals surface area (Å²) in [6.45, 7) is 3.00. The van der Waals surface area contributed by atoms with Gasteiger partial charge < -0.3 is 0 Å². The number of hydrogen-bond donors (Lipinski definition) is 0. The predicted molar refractivity (Wildman–Crippen MR) is 73.7 cm³/mol. The first kappa shape index (κ1) is 12.6. The quantitative estimate of drug-likeness (QED) is 0.864. The van der Waals surface area contributed by atoms with Gasteiger partial charge in [-0.1, -0.05) is 18.0 Å². The van der Waals surface area contributed by atoms with E-state index in [9.17, 15) is 0 Å². The van der Waals surface area contributed by atoms with E-state index >= 15 is 0 Å². The number of rotatable bonds is 3. The average Bonchev–Trinajstić information content (AvgIpc) is 2.89. The fourth-order valence-corrected chi connectivity index (χ4v) is 2.52. The molecule has 1 aliphatic heterocycles. The number of aromatic nitrogens is 4. The van der Waals surface area contributed by atoms with Crippen LogP contribution in [0.25, 0.3) is 11.4 Å². The predicted octanol–water partition coefficient (Wildman–Crippen LogP) is 2.44. The number of halogens is 1. The fourth-order valence-electron chi connectivity index (χ4n) is 2.40. The second-order valence-corrected chi connectivity index (χ2v) is 5.27. The summed E-state index contributed by atoms with van der Waals surface area (Å²) >= 11 is 5.90. The number of likely N-dealkylation sites (tertiary alicyclic amines) is 1. The van der Waals surface area contributed by atoms with Crippen LogP contribution < -0.4 is 0 Å². The molecular formula is C13H16ClN5. The van der Waals surface area contributed by atoms with Crippen molar-refractivity contribution in [3.63, 3.8) is 0 Å². The summed E-state index contributed by atoms with van der Waals surface area (Å²) in [7, 11) is 0. The number of nitrogens with zero attached hydrogens (tertiary/aromatic N) is 5. The molecule has 0 N–H and O–H groups in total. The van der Waals surface area contributed by atoms with Crippen molar-refractivity contribution in [1.82, 2.24) is 25.1 Å². The van der Waals surface area contributed by atoms with Gasteiger partial charge in [-0.25, -0.2) is 4.68 Å². The van der Waals surface area contributed by atoms with Crippen LogP contribution in [-0.2, 0) is 6.67 Å². The van der Waals surface area contributed by atoms with E-state index in [2.05, 4.69) is 20.4 Å². The molecule has 1 fully saturated rings. The van der Waals surface area contributed by atoms with Crippen molar-refractivity contribution >= 4 is 11.6 Å². The smallest absolute Gasteiger partial charge is 0.183 e. The molecule has 1 aliphatic rings. The highest BCUT2D eigenvalue weighted by Gasteiger charge is 2.14. The van der Waals surface area contributed by atoms with E-state index in [1.165, 1.54) is 19.3 Å². The molecule has 100 valence electrons. The van der Waals surface area contributed by atoms with Gasteiger partial charge in [-0.15, -0.1) is 5.10 Å². The van der Waals surface area contributed by atoms with Crippen LogP contribution in [-0.4, -0.2) is 38.2 Å². The van der Waals surface area contributed by atoms with E-state index in [-0.39, 0.29) is 0 Å². The monoisotopic (exact) mass is 277 g/mol. The molecule has 0 saturated carbocycles. The number of piperidine rings is 1. The molecular weight excluding hydrogens is 262 g/mol. The highest BCUT2D eigenvalue weighted by atomic mass is 35.5. The first-order valence-corrected chi connectivity index (χ1v) is 6.95. The van der Waals surface area contributed by atoms with Crippen molar-refractivity contribution in [1.29, 1.82) is 0 Å². The van der Waals surface area contributed by atoms with E-state index in [1.807, 2.05) is 28.9 Å². The molecule has 0 aliphatic carbocycles. The van der Waals surface area contributed by atoms with Crippen LogP contribution in [0.5, 0.6) is 0 Å². The molecule has 0 amide bonds. The first-order chi connectivity index (χ1) is 9.33. The Labute approximate surface area is 117 Å². The minimum Gasteiger partial charge on any atom is -0.284 e. The highest BCUT2D eigenvalue weighted by Crippen LogP contribution is 2.19. The molecule has 0 unspecified atom stereocenters. The lowest BCUT2D eigenvalue weighted by Gasteiger charge is -2.26. The standard InChI is InChI=1S/C13H16ClN5/c14-12-6-4-11(5-7-12)13-15-16-17-19(13)10-18-8-2-1-3-9-18/h4-7H,1-3,8-10H2. The van der Waals surface area contributed by atoms with Crippen molar-refractivity contribution in [3.05, 3.63) is 29.3 Å². The van der Waals surface area contributed by atoms with Gasteiger partial charge in [0.05, 0.1) is 6.67 Å². The summed E-state index contributed by atoms with van der Waals surface area (Å²) < 4.78 is 1.86. The largest absolute Gasteiger partial charge is 0.284 e. The molecule has 6 heteroatoms. The molecule has 0 radical (unpaired) electrons. The van der Waals surface area contributed by atoms with Gasteiger partial charge in [-0.3, -0.25) is 4.90 Å². The second-order valence-electron chi connectivity index (χ2n) is 4.83. The molecule has 5 nitrogen and oxygen atoms in total. The van der Waals surface area contributed by atoms with Gasteiger partial charge in [0.15, 0.2) is 5.82 Å². The molecule has 19 heavy (non-hydrogen) atoms. The molecule has 1 aromatic heterocycles. The lowest BCUT2D eigenvalue weighted by atomic mass is 10.1. The Morgan fingerprint density at radius 3 is 2.53 bits per heavy atom. The topological polar surface area (TPSA) is 46.8 Å². The van der Waals surface area contributed by atoms with Crippen LogP contribution in [0.1, 0.15) is 19.3 Å². The fraction of sp³-hybridized carbons (Fsp3) is 0.462. The molecule has 2 aromatic rings. The first-order valence-electron chi connectivity index (χ1n) is 6.57. The van der Waals surface area contributed by atoms with Crippen molar-refractivity contribution < 1.29 is 0 Å². The summed E-state index contributed by atoms with van der Waals surface area (Å²) in [4.78, 5) is 2.39. The average molecular weight is 278 g/mol. The van der Waals surface area contributed by atoms with Crippen molar-refractivity contribution in [2.75, 3.05) is 13.1 Å². The summed E-state index contributed by atoms with van der Waals surface area (Å²) in [5.41, 5.74) is 0.992. The molecule has 0 bridgehead atoms. The zero-order valence-electron chi connectivity index (χ0n) is 10.7. The van der Waals surface area contributed by atoms with E-state index in [0.717, 1.165) is 36.2 Å². The highest BCUT2D eigenvalue weighted by molar-refractivity contribution is 6.30. The van der Waals surface area contributed by atoms with E-state index in [4.69, 9.17) is 11.6 Å². The van der Waals surface area contributed by atoms with Crippen LogP contribution in [0.15, 0.2) is 24.3 Å². The lowest BCUT2D eigenvalue weighted by molar-refractivity contribution is 0.173. The maximum Gasteiger partial charge on any atom is 0.183 e. The third-order valence-electron chi connectivity index (χ3n) is 3.42. The van der Waals surface area contributed by atoms with Crippen LogP contribution in [0.2, 0.25) is 5.02 Å². The van der Waals surface area contributed by atoms with E-state index in [1.54, 1.807) is 0 Å². The van der Waals surface area contributed by atoms with E-state index in [0.29, 0.717) is 0 Å². The van der Waals surface area contributed by atoms with Gasteiger partial charge in [0.2, 0.25) is 0 Å². The molecule has 1 aromatic carbocycles. The number of hydrogen-bond acceptors (Lipinski definition) is 4. The van der Waals surface area contributed by atoms with Crippen LogP contribution >= 0.6 is 11.6 Å². The SMILES string of the molecule is Clc1ccc(-c2nnnn2CN2CCCCC2)cc1. The maximum absolute atomic E-state index is 5.90. The molecule has 1 saturated heterocycles. The Hall–Kier alpha value is -1.46. The van der Waals surface area contributed by atoms with Crippen molar-refractivity contribution in [3.8, 4) is 11.4 Å². The zero-order chi connectivity index (χ0) is 13.1. The van der Waals surface area contributed by atoms with Gasteiger partial charge in [0, 0.05) is 10.6 Å². The lowest BCUT2D eigenvalue weighted by Crippen LogP contribution is -2.32. The van der Waals surface area contributed by atoms with Gasteiger partial charge in [0.25, 0.3) is 0 Å². The summed E-state index contributed by atoms with van der Waals surface area (Å²) in [6, 6.07) is 7.61. The molecule has 2 heterocycles.